The summed E-state index contributed by atoms with van der Waals surface area (Å²) in [6.45, 7) is 0.154. The third-order valence-corrected chi connectivity index (χ3v) is 6.31. The Balaban J connectivity index is 1.61. The fourth-order valence-corrected chi connectivity index (χ4v) is 4.46. The lowest BCUT2D eigenvalue weighted by atomic mass is 10.0. The normalized spacial score (nSPS) is 13.4. The van der Waals surface area contributed by atoms with Gasteiger partial charge in [-0.15, -0.1) is 0 Å². The molecule has 0 saturated heterocycles. The minimum atomic E-state index is -0.669. The number of ketones is 1. The minimum Gasteiger partial charge on any atom is -0.426 e. The van der Waals surface area contributed by atoms with Gasteiger partial charge in [0, 0.05) is 18.2 Å². The summed E-state index contributed by atoms with van der Waals surface area (Å²) in [4.78, 5) is 38.5. The van der Waals surface area contributed by atoms with E-state index >= 15 is 0 Å². The van der Waals surface area contributed by atoms with Crippen molar-refractivity contribution < 1.29 is 18.7 Å². The molecule has 35 heavy (non-hydrogen) atoms. The van der Waals surface area contributed by atoms with Gasteiger partial charge in [0.25, 0.3) is 5.56 Å². The highest BCUT2D eigenvalue weighted by Crippen LogP contribution is 2.29. The summed E-state index contributed by atoms with van der Waals surface area (Å²) in [6, 6.07) is 15.5. The number of halogens is 1. The molecule has 1 heterocycles. The van der Waals surface area contributed by atoms with Crippen LogP contribution in [0.5, 0.6) is 5.75 Å². The Hall–Kier alpha value is -4.05. The van der Waals surface area contributed by atoms with Gasteiger partial charge in [-0.05, 0) is 42.2 Å². The maximum atomic E-state index is 14.1. The molecule has 178 valence electrons. The second kappa shape index (κ2) is 10.9. The molecule has 1 saturated carbocycles. The van der Waals surface area contributed by atoms with Crippen LogP contribution in [0.2, 0.25) is 0 Å². The van der Waals surface area contributed by atoms with Gasteiger partial charge in [0.1, 0.15) is 23.2 Å². The lowest BCUT2D eigenvalue weighted by molar-refractivity contribution is -0.134. The van der Waals surface area contributed by atoms with Crippen LogP contribution >= 0.6 is 0 Å². The summed E-state index contributed by atoms with van der Waals surface area (Å²) in [5, 5.41) is 9.45. The third-order valence-electron chi connectivity index (χ3n) is 6.31. The van der Waals surface area contributed by atoms with E-state index < -0.39 is 23.1 Å². The fraction of sp³-hybridized carbons (Fsp3) is 0.286. The van der Waals surface area contributed by atoms with Crippen molar-refractivity contribution in [1.29, 1.82) is 5.26 Å². The Morgan fingerprint density at radius 1 is 1.09 bits per heavy atom. The number of pyridine rings is 1. The molecule has 0 amide bonds. The molecule has 0 unspecified atom stereocenters. The second-order valence-corrected chi connectivity index (χ2v) is 8.81. The molecule has 1 fully saturated rings. The SMILES string of the molecule is N#Cc1cc(C(=O)c2cc(F)ccc2OC(=O)CCC2CCCC2)cn(Cc2ccccc2)c1=O. The number of ether oxygens (including phenoxy) is 1. The smallest absolute Gasteiger partial charge is 0.311 e. The second-order valence-electron chi connectivity index (χ2n) is 8.81. The van der Waals surface area contributed by atoms with Crippen LogP contribution in [0, 0.1) is 23.1 Å². The largest absolute Gasteiger partial charge is 0.426 e. The zero-order valence-electron chi connectivity index (χ0n) is 19.2. The summed E-state index contributed by atoms with van der Waals surface area (Å²) >= 11 is 0. The Labute approximate surface area is 202 Å². The third kappa shape index (κ3) is 5.90. The first kappa shape index (κ1) is 24.1. The first-order valence-electron chi connectivity index (χ1n) is 11.7. The molecule has 3 aromatic rings. The summed E-state index contributed by atoms with van der Waals surface area (Å²) in [5.74, 6) is -1.35. The van der Waals surface area contributed by atoms with Crippen molar-refractivity contribution in [2.24, 2.45) is 5.92 Å². The highest BCUT2D eigenvalue weighted by atomic mass is 19.1. The maximum absolute atomic E-state index is 14.1. The van der Waals surface area contributed by atoms with Gasteiger partial charge in [-0.1, -0.05) is 56.0 Å². The quantitative estimate of drug-likeness (QED) is 0.261. The van der Waals surface area contributed by atoms with Gasteiger partial charge >= 0.3 is 5.97 Å². The molecule has 0 radical (unpaired) electrons. The Morgan fingerprint density at radius 3 is 2.54 bits per heavy atom. The molecule has 6 nitrogen and oxygen atoms in total. The topological polar surface area (TPSA) is 89.2 Å². The lowest BCUT2D eigenvalue weighted by Gasteiger charge is -2.13. The molecule has 2 aromatic carbocycles. The van der Waals surface area contributed by atoms with Crippen LogP contribution in [0.1, 0.15) is 65.6 Å². The summed E-state index contributed by atoms with van der Waals surface area (Å²) in [7, 11) is 0. The van der Waals surface area contributed by atoms with Crippen molar-refractivity contribution in [3.63, 3.8) is 0 Å². The van der Waals surface area contributed by atoms with E-state index in [0.717, 1.165) is 37.0 Å². The van der Waals surface area contributed by atoms with E-state index in [1.807, 2.05) is 36.4 Å². The van der Waals surface area contributed by atoms with Crippen LogP contribution in [0.4, 0.5) is 4.39 Å². The highest BCUT2D eigenvalue weighted by molar-refractivity contribution is 6.11. The summed E-state index contributed by atoms with van der Waals surface area (Å²) < 4.78 is 20.8. The molecule has 1 aliphatic carbocycles. The van der Waals surface area contributed by atoms with Crippen LogP contribution in [-0.4, -0.2) is 16.3 Å². The number of rotatable bonds is 8. The van der Waals surface area contributed by atoms with Crippen LogP contribution in [0.3, 0.4) is 0 Å². The van der Waals surface area contributed by atoms with E-state index in [2.05, 4.69) is 0 Å². The summed E-state index contributed by atoms with van der Waals surface area (Å²) in [5.41, 5.74) is -0.0614. The predicted octanol–water partition coefficient (Wildman–Crippen LogP) is 5.01. The van der Waals surface area contributed by atoms with E-state index in [1.165, 1.54) is 35.7 Å². The number of hydrogen-bond acceptors (Lipinski definition) is 5. The van der Waals surface area contributed by atoms with Crippen molar-refractivity contribution in [2.75, 3.05) is 0 Å². The lowest BCUT2D eigenvalue weighted by Crippen LogP contribution is -2.24. The van der Waals surface area contributed by atoms with Crippen molar-refractivity contribution >= 4 is 11.8 Å². The van der Waals surface area contributed by atoms with Gasteiger partial charge in [0.2, 0.25) is 0 Å². The number of carbonyl (C=O) groups excluding carboxylic acids is 2. The number of nitrogens with zero attached hydrogens (tertiary/aromatic N) is 2. The Morgan fingerprint density at radius 2 is 1.83 bits per heavy atom. The monoisotopic (exact) mass is 472 g/mol. The van der Waals surface area contributed by atoms with Crippen molar-refractivity contribution in [3.8, 4) is 11.8 Å². The highest BCUT2D eigenvalue weighted by Gasteiger charge is 2.22. The first-order chi connectivity index (χ1) is 16.9. The summed E-state index contributed by atoms with van der Waals surface area (Å²) in [6.07, 6.45) is 6.84. The van der Waals surface area contributed by atoms with Crippen molar-refractivity contribution in [1.82, 2.24) is 4.57 Å². The molecule has 0 N–H and O–H groups in total. The number of aromatic nitrogens is 1. The molecule has 1 aromatic heterocycles. The maximum Gasteiger partial charge on any atom is 0.311 e. The minimum absolute atomic E-state index is 0.0194. The van der Waals surface area contributed by atoms with Crippen molar-refractivity contribution in [3.05, 3.63) is 99.2 Å². The average Bonchev–Trinajstić information content (AvgIpc) is 3.39. The van der Waals surface area contributed by atoms with Gasteiger partial charge in [0.05, 0.1) is 12.1 Å². The van der Waals surface area contributed by atoms with Gasteiger partial charge in [-0.25, -0.2) is 4.39 Å². The van der Waals surface area contributed by atoms with Gasteiger partial charge in [-0.3, -0.25) is 14.4 Å². The number of esters is 1. The van der Waals surface area contributed by atoms with E-state index in [-0.39, 0.29) is 35.4 Å². The van der Waals surface area contributed by atoms with Gasteiger partial charge in [-0.2, -0.15) is 5.26 Å². The van der Waals surface area contributed by atoms with E-state index in [1.54, 1.807) is 0 Å². The van der Waals surface area contributed by atoms with Gasteiger partial charge in [0.15, 0.2) is 5.78 Å². The predicted molar refractivity (Wildman–Crippen MR) is 128 cm³/mol. The van der Waals surface area contributed by atoms with Crippen LogP contribution in [0.15, 0.2) is 65.6 Å². The van der Waals surface area contributed by atoms with E-state index in [9.17, 15) is 24.0 Å². The fourth-order valence-electron chi connectivity index (χ4n) is 4.46. The number of hydrogen-bond donors (Lipinski definition) is 0. The Bertz CT molecular complexity index is 1340. The van der Waals surface area contributed by atoms with Gasteiger partial charge < -0.3 is 9.30 Å². The molecule has 0 spiro atoms. The van der Waals surface area contributed by atoms with E-state index in [4.69, 9.17) is 4.74 Å². The standard InChI is InChI=1S/C28H25FN2O4/c29-23-11-12-25(35-26(32)13-10-19-6-4-5-7-19)24(15-23)27(33)22-14-21(16-30)28(34)31(18-22)17-20-8-2-1-3-9-20/h1-3,8-9,11-12,14-15,18-19H,4-7,10,13,17H2. The molecule has 0 atom stereocenters. The molecule has 0 bridgehead atoms. The van der Waals surface area contributed by atoms with Crippen LogP contribution < -0.4 is 10.3 Å². The van der Waals surface area contributed by atoms with Crippen LogP contribution in [0.25, 0.3) is 0 Å². The molecular weight excluding hydrogens is 447 g/mol. The van der Waals surface area contributed by atoms with E-state index in [0.29, 0.717) is 5.92 Å². The first-order valence-corrected chi connectivity index (χ1v) is 11.7. The molecular formula is C28H25FN2O4. The van der Waals surface area contributed by atoms with Crippen LogP contribution in [-0.2, 0) is 11.3 Å². The number of benzene rings is 2. The molecule has 1 aliphatic rings. The number of nitriles is 1. The zero-order valence-corrected chi connectivity index (χ0v) is 19.2. The van der Waals surface area contributed by atoms with Crippen molar-refractivity contribution in [2.45, 2.75) is 45.1 Å². The molecule has 0 aliphatic heterocycles. The zero-order chi connectivity index (χ0) is 24.8. The number of carbonyl (C=O) groups is 2. The Kier molecular flexibility index (Phi) is 7.51. The average molecular weight is 473 g/mol. The molecule has 7 heteroatoms. The molecule has 4 rings (SSSR count).